The van der Waals surface area contributed by atoms with E-state index >= 15 is 0 Å². The van der Waals surface area contributed by atoms with Crippen molar-refractivity contribution in [2.45, 2.75) is 6.92 Å². The van der Waals surface area contributed by atoms with Crippen LogP contribution in [0.25, 0.3) is 6.08 Å². The molecule has 29 heavy (non-hydrogen) atoms. The van der Waals surface area contributed by atoms with Crippen molar-refractivity contribution in [1.82, 2.24) is 0 Å². The summed E-state index contributed by atoms with van der Waals surface area (Å²) >= 11 is 3.49. The minimum atomic E-state index is -0.158. The lowest BCUT2D eigenvalue weighted by Crippen LogP contribution is -2.32. The van der Waals surface area contributed by atoms with Crippen molar-refractivity contribution in [2.24, 2.45) is 4.99 Å². The van der Waals surface area contributed by atoms with Gasteiger partial charge in [-0.1, -0.05) is 51.8 Å². The SMILES string of the molecule is COc1ccc(C2=N/C(=C/c3ccc(C)cc3)C(=O)N2c2cccc(Br)c2)cc1. The van der Waals surface area contributed by atoms with Crippen LogP contribution in [0.4, 0.5) is 5.69 Å². The Kier molecular flexibility index (Phi) is 5.32. The molecule has 4 rings (SSSR count). The first kappa shape index (κ1) is 19.2. The summed E-state index contributed by atoms with van der Waals surface area (Å²) in [6, 6.07) is 23.2. The smallest absolute Gasteiger partial charge is 0.282 e. The van der Waals surface area contributed by atoms with Gasteiger partial charge in [-0.25, -0.2) is 4.99 Å². The maximum absolute atomic E-state index is 13.3. The van der Waals surface area contributed by atoms with Gasteiger partial charge in [-0.15, -0.1) is 0 Å². The number of hydrogen-bond donors (Lipinski definition) is 0. The lowest BCUT2D eigenvalue weighted by Gasteiger charge is -2.19. The average molecular weight is 447 g/mol. The van der Waals surface area contributed by atoms with Gasteiger partial charge >= 0.3 is 0 Å². The van der Waals surface area contributed by atoms with Crippen molar-refractivity contribution in [1.29, 1.82) is 0 Å². The highest BCUT2D eigenvalue weighted by atomic mass is 79.9. The molecule has 0 saturated heterocycles. The van der Waals surface area contributed by atoms with Gasteiger partial charge in [0.1, 0.15) is 17.3 Å². The standard InChI is InChI=1S/C24H19BrN2O2/c1-16-6-8-17(9-7-16)14-22-24(28)27(20-5-3-4-19(25)15-20)23(26-22)18-10-12-21(29-2)13-11-18/h3-15H,1-2H3/b22-14+. The fraction of sp³-hybridized carbons (Fsp3) is 0.0833. The van der Waals surface area contributed by atoms with Crippen molar-refractivity contribution < 1.29 is 9.53 Å². The van der Waals surface area contributed by atoms with Crippen LogP contribution < -0.4 is 9.64 Å². The summed E-state index contributed by atoms with van der Waals surface area (Å²) < 4.78 is 6.15. The summed E-state index contributed by atoms with van der Waals surface area (Å²) in [4.78, 5) is 19.6. The molecule has 0 fully saturated rings. The summed E-state index contributed by atoms with van der Waals surface area (Å²) in [5.41, 5.74) is 4.10. The molecule has 0 N–H and O–H groups in total. The molecule has 3 aromatic carbocycles. The molecule has 1 aliphatic rings. The third-order valence-electron chi connectivity index (χ3n) is 4.66. The normalized spacial score (nSPS) is 15.0. The Balaban J connectivity index is 1.81. The van der Waals surface area contributed by atoms with E-state index in [1.807, 2.05) is 85.8 Å². The number of rotatable bonds is 4. The highest BCUT2D eigenvalue weighted by Gasteiger charge is 2.32. The predicted molar refractivity (Wildman–Crippen MR) is 120 cm³/mol. The second-order valence-electron chi connectivity index (χ2n) is 6.72. The summed E-state index contributed by atoms with van der Waals surface area (Å²) in [7, 11) is 1.63. The number of methoxy groups -OCH3 is 1. The molecule has 0 aromatic heterocycles. The number of carbonyl (C=O) groups is 1. The maximum atomic E-state index is 13.3. The van der Waals surface area contributed by atoms with E-state index in [1.54, 1.807) is 12.0 Å². The van der Waals surface area contributed by atoms with Gasteiger partial charge in [0, 0.05) is 10.0 Å². The molecule has 0 radical (unpaired) electrons. The summed E-state index contributed by atoms with van der Waals surface area (Å²) in [6.07, 6.45) is 1.82. The van der Waals surface area contributed by atoms with Crippen LogP contribution in [-0.4, -0.2) is 18.9 Å². The zero-order chi connectivity index (χ0) is 20.4. The van der Waals surface area contributed by atoms with Crippen molar-refractivity contribution in [3.8, 4) is 5.75 Å². The van der Waals surface area contributed by atoms with Gasteiger partial charge in [-0.2, -0.15) is 0 Å². The largest absolute Gasteiger partial charge is 0.497 e. The Morgan fingerprint density at radius 3 is 2.38 bits per heavy atom. The van der Waals surface area contributed by atoms with Crippen molar-refractivity contribution in [3.05, 3.63) is 99.7 Å². The fourth-order valence-corrected chi connectivity index (χ4v) is 3.51. The number of benzene rings is 3. The molecular formula is C24H19BrN2O2. The molecule has 5 heteroatoms. The summed E-state index contributed by atoms with van der Waals surface area (Å²) in [5, 5.41) is 0. The van der Waals surface area contributed by atoms with Gasteiger partial charge in [0.2, 0.25) is 0 Å². The number of aliphatic imine (C=N–C) groups is 1. The van der Waals surface area contributed by atoms with Crippen LogP contribution in [0.3, 0.4) is 0 Å². The first-order valence-electron chi connectivity index (χ1n) is 9.16. The third-order valence-corrected chi connectivity index (χ3v) is 5.15. The monoisotopic (exact) mass is 446 g/mol. The van der Waals surface area contributed by atoms with Crippen LogP contribution in [0.1, 0.15) is 16.7 Å². The van der Waals surface area contributed by atoms with Crippen LogP contribution in [-0.2, 0) is 4.79 Å². The van der Waals surface area contributed by atoms with Crippen molar-refractivity contribution in [3.63, 3.8) is 0 Å². The molecule has 0 spiro atoms. The van der Waals surface area contributed by atoms with E-state index in [-0.39, 0.29) is 5.91 Å². The lowest BCUT2D eigenvalue weighted by molar-refractivity contribution is -0.113. The minimum Gasteiger partial charge on any atom is -0.497 e. The number of hydrogen-bond acceptors (Lipinski definition) is 3. The Morgan fingerprint density at radius 1 is 1.00 bits per heavy atom. The number of amides is 1. The Morgan fingerprint density at radius 2 is 1.72 bits per heavy atom. The van der Waals surface area contributed by atoms with Gasteiger partial charge in [-0.3, -0.25) is 9.69 Å². The summed E-state index contributed by atoms with van der Waals surface area (Å²) in [5.74, 6) is 1.19. The van der Waals surface area contributed by atoms with Crippen LogP contribution in [0.15, 0.2) is 88.0 Å². The first-order chi connectivity index (χ1) is 14.0. The zero-order valence-corrected chi connectivity index (χ0v) is 17.7. The van der Waals surface area contributed by atoms with Gasteiger partial charge in [0.25, 0.3) is 5.91 Å². The highest BCUT2D eigenvalue weighted by molar-refractivity contribution is 9.10. The highest BCUT2D eigenvalue weighted by Crippen LogP contribution is 2.30. The Hall–Kier alpha value is -3.18. The molecule has 0 aliphatic carbocycles. The second-order valence-corrected chi connectivity index (χ2v) is 7.64. The number of halogens is 1. The molecule has 0 bridgehead atoms. The van der Waals surface area contributed by atoms with E-state index in [9.17, 15) is 4.79 Å². The van der Waals surface area contributed by atoms with Gasteiger partial charge in [0.05, 0.1) is 12.8 Å². The van der Waals surface area contributed by atoms with E-state index in [0.29, 0.717) is 11.5 Å². The van der Waals surface area contributed by atoms with E-state index in [0.717, 1.165) is 27.0 Å². The van der Waals surface area contributed by atoms with Gasteiger partial charge in [-0.05, 0) is 61.0 Å². The van der Waals surface area contributed by atoms with Crippen LogP contribution >= 0.6 is 15.9 Å². The first-order valence-corrected chi connectivity index (χ1v) is 9.96. The van der Waals surface area contributed by atoms with E-state index in [4.69, 9.17) is 9.73 Å². The molecule has 3 aromatic rings. The van der Waals surface area contributed by atoms with E-state index in [2.05, 4.69) is 15.9 Å². The number of aryl methyl sites for hydroxylation is 1. The Labute approximate surface area is 178 Å². The van der Waals surface area contributed by atoms with Crippen LogP contribution in [0.5, 0.6) is 5.75 Å². The fourth-order valence-electron chi connectivity index (χ4n) is 3.13. The zero-order valence-electron chi connectivity index (χ0n) is 16.1. The quantitative estimate of drug-likeness (QED) is 0.489. The van der Waals surface area contributed by atoms with Gasteiger partial charge in [0.15, 0.2) is 0 Å². The third kappa shape index (κ3) is 4.00. The number of carbonyl (C=O) groups excluding carboxylic acids is 1. The molecule has 144 valence electrons. The topological polar surface area (TPSA) is 41.9 Å². The predicted octanol–water partition coefficient (Wildman–Crippen LogP) is 5.60. The van der Waals surface area contributed by atoms with Crippen LogP contribution in [0.2, 0.25) is 0 Å². The molecule has 0 saturated carbocycles. The number of nitrogens with zero attached hydrogens (tertiary/aromatic N) is 2. The molecule has 1 amide bonds. The number of ether oxygens (including phenoxy) is 1. The molecule has 0 atom stereocenters. The Bertz CT molecular complexity index is 1120. The number of anilines is 1. The molecule has 1 aliphatic heterocycles. The van der Waals surface area contributed by atoms with Crippen molar-refractivity contribution >= 4 is 39.4 Å². The molecule has 4 nitrogen and oxygen atoms in total. The number of amidine groups is 1. The van der Waals surface area contributed by atoms with Gasteiger partial charge < -0.3 is 4.74 Å². The average Bonchev–Trinajstić information content (AvgIpc) is 3.06. The van der Waals surface area contributed by atoms with E-state index in [1.165, 1.54) is 5.56 Å². The second kappa shape index (κ2) is 8.05. The minimum absolute atomic E-state index is 0.158. The van der Waals surface area contributed by atoms with Crippen LogP contribution in [0, 0.1) is 6.92 Å². The maximum Gasteiger partial charge on any atom is 0.282 e. The summed E-state index contributed by atoms with van der Waals surface area (Å²) in [6.45, 7) is 2.03. The van der Waals surface area contributed by atoms with E-state index < -0.39 is 0 Å². The molecule has 1 heterocycles. The van der Waals surface area contributed by atoms with Crippen molar-refractivity contribution in [2.75, 3.05) is 12.0 Å². The lowest BCUT2D eigenvalue weighted by atomic mass is 10.1. The molecule has 0 unspecified atom stereocenters. The molecular weight excluding hydrogens is 428 g/mol.